The lowest BCUT2D eigenvalue weighted by Gasteiger charge is -2.23. The minimum Gasteiger partial charge on any atom is -0.361 e. The normalized spacial score (nSPS) is 19.1. The summed E-state index contributed by atoms with van der Waals surface area (Å²) < 4.78 is 6.89. The molecule has 3 aromatic rings. The zero-order valence-electron chi connectivity index (χ0n) is 11.1. The van der Waals surface area contributed by atoms with E-state index in [9.17, 15) is 0 Å². The Kier molecular flexibility index (Phi) is 2.45. The molecule has 20 heavy (non-hydrogen) atoms. The van der Waals surface area contributed by atoms with Gasteiger partial charge >= 0.3 is 0 Å². The summed E-state index contributed by atoms with van der Waals surface area (Å²) in [7, 11) is 0. The summed E-state index contributed by atoms with van der Waals surface area (Å²) >= 11 is 0. The molecule has 0 bridgehead atoms. The van der Waals surface area contributed by atoms with Crippen LogP contribution in [-0.4, -0.2) is 31.5 Å². The third-order valence-corrected chi connectivity index (χ3v) is 3.68. The van der Waals surface area contributed by atoms with Crippen molar-refractivity contribution in [1.29, 1.82) is 0 Å². The average Bonchev–Trinajstić information content (AvgIpc) is 3.17. The first-order chi connectivity index (χ1) is 9.81. The van der Waals surface area contributed by atoms with Crippen molar-refractivity contribution in [2.24, 2.45) is 0 Å². The van der Waals surface area contributed by atoms with Crippen LogP contribution in [0, 0.1) is 6.92 Å². The maximum atomic E-state index is 5.20. The lowest BCUT2D eigenvalue weighted by Crippen LogP contribution is -2.24. The number of aryl methyl sites for hydroxylation is 1. The molecule has 1 saturated heterocycles. The highest BCUT2D eigenvalue weighted by atomic mass is 16.5. The van der Waals surface area contributed by atoms with Crippen molar-refractivity contribution in [3.8, 4) is 0 Å². The van der Waals surface area contributed by atoms with Crippen LogP contribution in [0.2, 0.25) is 0 Å². The van der Waals surface area contributed by atoms with Crippen LogP contribution in [0.1, 0.15) is 30.3 Å². The molecule has 0 spiro atoms. The van der Waals surface area contributed by atoms with Gasteiger partial charge in [-0.25, -0.2) is 0 Å². The molecule has 0 N–H and O–H groups in total. The molecule has 0 amide bonds. The Hall–Kier alpha value is -2.44. The van der Waals surface area contributed by atoms with Gasteiger partial charge in [0.1, 0.15) is 23.6 Å². The first-order valence-electron chi connectivity index (χ1n) is 6.68. The average molecular weight is 270 g/mol. The van der Waals surface area contributed by atoms with Crippen LogP contribution in [0.15, 0.2) is 29.0 Å². The van der Waals surface area contributed by atoms with E-state index in [-0.39, 0.29) is 6.04 Å². The number of aromatic nitrogens is 5. The molecule has 1 fully saturated rings. The summed E-state index contributed by atoms with van der Waals surface area (Å²) in [6, 6.07) is 6.14. The Labute approximate surface area is 115 Å². The fraction of sp³-hybridized carbons (Fsp3) is 0.385. The van der Waals surface area contributed by atoms with Crippen molar-refractivity contribution < 1.29 is 4.52 Å². The molecular formula is C13H14N6O. The monoisotopic (exact) mass is 270 g/mol. The third-order valence-electron chi connectivity index (χ3n) is 3.68. The molecule has 0 aliphatic carbocycles. The van der Waals surface area contributed by atoms with Crippen LogP contribution in [0.4, 0.5) is 5.82 Å². The van der Waals surface area contributed by atoms with Gasteiger partial charge in [-0.3, -0.25) is 0 Å². The number of anilines is 1. The van der Waals surface area contributed by atoms with Gasteiger partial charge in [0.15, 0.2) is 5.65 Å². The quantitative estimate of drug-likeness (QED) is 0.706. The summed E-state index contributed by atoms with van der Waals surface area (Å²) in [5.41, 5.74) is 1.73. The van der Waals surface area contributed by atoms with Crippen molar-refractivity contribution >= 4 is 11.5 Å². The smallest absolute Gasteiger partial charge is 0.177 e. The van der Waals surface area contributed by atoms with E-state index in [1.807, 2.05) is 25.1 Å². The SMILES string of the molecule is Cc1cc(C2CCCN2c2ccc3nncn3n2)no1. The second kappa shape index (κ2) is 4.29. The van der Waals surface area contributed by atoms with Crippen molar-refractivity contribution in [2.45, 2.75) is 25.8 Å². The molecular weight excluding hydrogens is 256 g/mol. The summed E-state index contributed by atoms with van der Waals surface area (Å²) in [5, 5.41) is 16.5. The summed E-state index contributed by atoms with van der Waals surface area (Å²) in [5.74, 6) is 1.76. The number of hydrogen-bond acceptors (Lipinski definition) is 6. The molecule has 0 saturated carbocycles. The van der Waals surface area contributed by atoms with E-state index in [1.54, 1.807) is 10.8 Å². The van der Waals surface area contributed by atoms with Gasteiger partial charge in [0, 0.05) is 12.6 Å². The Morgan fingerprint density at radius 1 is 1.35 bits per heavy atom. The van der Waals surface area contributed by atoms with Gasteiger partial charge in [0.05, 0.1) is 6.04 Å². The maximum Gasteiger partial charge on any atom is 0.177 e. The fourth-order valence-electron chi connectivity index (χ4n) is 2.76. The van der Waals surface area contributed by atoms with Crippen molar-refractivity contribution in [2.75, 3.05) is 11.4 Å². The van der Waals surface area contributed by atoms with E-state index in [0.717, 1.165) is 42.3 Å². The van der Waals surface area contributed by atoms with E-state index in [2.05, 4.69) is 25.4 Å². The lowest BCUT2D eigenvalue weighted by molar-refractivity contribution is 0.385. The molecule has 1 atom stereocenters. The summed E-state index contributed by atoms with van der Waals surface area (Å²) in [6.07, 6.45) is 3.80. The predicted octanol–water partition coefficient (Wildman–Crippen LogP) is 1.76. The molecule has 7 nitrogen and oxygen atoms in total. The molecule has 1 unspecified atom stereocenters. The van der Waals surface area contributed by atoms with Crippen molar-refractivity contribution in [3.63, 3.8) is 0 Å². The zero-order chi connectivity index (χ0) is 13.5. The van der Waals surface area contributed by atoms with Gasteiger partial charge < -0.3 is 9.42 Å². The third kappa shape index (κ3) is 1.74. The number of hydrogen-bond donors (Lipinski definition) is 0. The van der Waals surface area contributed by atoms with E-state index in [1.165, 1.54) is 0 Å². The van der Waals surface area contributed by atoms with Gasteiger partial charge in [-0.05, 0) is 31.9 Å². The second-order valence-corrected chi connectivity index (χ2v) is 5.04. The highest BCUT2D eigenvalue weighted by Crippen LogP contribution is 2.34. The van der Waals surface area contributed by atoms with E-state index < -0.39 is 0 Å². The minimum absolute atomic E-state index is 0.230. The maximum absolute atomic E-state index is 5.20. The Morgan fingerprint density at radius 3 is 3.15 bits per heavy atom. The van der Waals surface area contributed by atoms with Crippen molar-refractivity contribution in [3.05, 3.63) is 36.0 Å². The highest BCUT2D eigenvalue weighted by molar-refractivity contribution is 5.47. The molecule has 1 aliphatic heterocycles. The first kappa shape index (κ1) is 11.4. The Morgan fingerprint density at radius 2 is 2.30 bits per heavy atom. The second-order valence-electron chi connectivity index (χ2n) is 5.04. The van der Waals surface area contributed by atoms with Gasteiger partial charge in [0.2, 0.25) is 0 Å². The first-order valence-corrected chi connectivity index (χ1v) is 6.68. The number of rotatable bonds is 2. The highest BCUT2D eigenvalue weighted by Gasteiger charge is 2.29. The van der Waals surface area contributed by atoms with Crippen molar-refractivity contribution in [1.82, 2.24) is 25.0 Å². The Bertz CT molecular complexity index is 748. The van der Waals surface area contributed by atoms with Crippen LogP contribution in [0.3, 0.4) is 0 Å². The van der Waals surface area contributed by atoms with Crippen LogP contribution in [0.25, 0.3) is 5.65 Å². The lowest BCUT2D eigenvalue weighted by atomic mass is 10.1. The molecule has 0 aromatic carbocycles. The van der Waals surface area contributed by atoms with E-state index in [0.29, 0.717) is 0 Å². The van der Waals surface area contributed by atoms with Crippen LogP contribution in [0.5, 0.6) is 0 Å². The van der Waals surface area contributed by atoms with E-state index >= 15 is 0 Å². The number of nitrogens with zero attached hydrogens (tertiary/aromatic N) is 6. The van der Waals surface area contributed by atoms with E-state index in [4.69, 9.17) is 4.52 Å². The molecule has 7 heteroatoms. The zero-order valence-corrected chi connectivity index (χ0v) is 11.1. The minimum atomic E-state index is 0.230. The number of fused-ring (bicyclic) bond motifs is 1. The van der Waals surface area contributed by atoms with Crippen LogP contribution < -0.4 is 4.90 Å². The molecule has 102 valence electrons. The molecule has 3 aromatic heterocycles. The topological polar surface area (TPSA) is 72.4 Å². The van der Waals surface area contributed by atoms with Crippen LogP contribution in [-0.2, 0) is 0 Å². The van der Waals surface area contributed by atoms with Crippen LogP contribution >= 0.6 is 0 Å². The largest absolute Gasteiger partial charge is 0.361 e. The summed E-state index contributed by atoms with van der Waals surface area (Å²) in [6.45, 7) is 2.88. The van der Waals surface area contributed by atoms with Gasteiger partial charge in [0.25, 0.3) is 0 Å². The Balaban J connectivity index is 1.72. The van der Waals surface area contributed by atoms with Gasteiger partial charge in [-0.1, -0.05) is 5.16 Å². The molecule has 1 aliphatic rings. The van der Waals surface area contributed by atoms with Gasteiger partial charge in [-0.15, -0.1) is 15.3 Å². The fourth-order valence-corrected chi connectivity index (χ4v) is 2.76. The standard InChI is InChI=1S/C13H14N6O/c1-9-7-10(17-20-9)11-3-2-6-18(11)13-5-4-12-15-14-8-19(12)16-13/h4-5,7-8,11H,2-3,6H2,1H3. The molecule has 0 radical (unpaired) electrons. The molecule has 4 rings (SSSR count). The summed E-state index contributed by atoms with van der Waals surface area (Å²) in [4.78, 5) is 2.26. The van der Waals surface area contributed by atoms with Gasteiger partial charge in [-0.2, -0.15) is 4.52 Å². The molecule has 4 heterocycles. The predicted molar refractivity (Wildman–Crippen MR) is 71.3 cm³/mol.